The maximum absolute atomic E-state index is 11.8. The lowest BCUT2D eigenvalue weighted by atomic mass is 10.2. The van der Waals surface area contributed by atoms with Gasteiger partial charge in [-0.2, -0.15) is 5.10 Å². The van der Waals surface area contributed by atoms with Crippen LogP contribution in [0.15, 0.2) is 73.3 Å². The first kappa shape index (κ1) is 16.6. The zero-order valence-corrected chi connectivity index (χ0v) is 15.4. The van der Waals surface area contributed by atoms with E-state index in [1.807, 2.05) is 24.3 Å². The van der Waals surface area contributed by atoms with Crippen LogP contribution in [0.5, 0.6) is 0 Å². The third-order valence-corrected chi connectivity index (χ3v) is 4.31. The molecule has 0 atom stereocenters. The summed E-state index contributed by atoms with van der Waals surface area (Å²) in [6.45, 7) is 0. The van der Waals surface area contributed by atoms with Gasteiger partial charge in [-0.15, -0.1) is 0 Å². The minimum Gasteiger partial charge on any atom is -0.455 e. The number of nitrogens with one attached hydrogen (secondary N) is 1. The van der Waals surface area contributed by atoms with Gasteiger partial charge in [0.2, 0.25) is 0 Å². The van der Waals surface area contributed by atoms with Gasteiger partial charge in [0.25, 0.3) is 5.91 Å². The highest BCUT2D eigenvalue weighted by Crippen LogP contribution is 2.31. The summed E-state index contributed by atoms with van der Waals surface area (Å²) in [6, 6.07) is 12.7. The van der Waals surface area contributed by atoms with Crippen LogP contribution >= 0.6 is 31.9 Å². The Balaban J connectivity index is 1.70. The average Bonchev–Trinajstić information content (AvgIpc) is 3.06. The first-order valence-corrected chi connectivity index (χ1v) is 8.51. The van der Waals surface area contributed by atoms with E-state index in [1.54, 1.807) is 30.6 Å². The number of amides is 1. The van der Waals surface area contributed by atoms with E-state index in [4.69, 9.17) is 4.42 Å². The molecule has 1 amide bonds. The Morgan fingerprint density at radius 1 is 1.12 bits per heavy atom. The van der Waals surface area contributed by atoms with Crippen molar-refractivity contribution in [1.82, 2.24) is 10.4 Å². The van der Waals surface area contributed by atoms with Crippen molar-refractivity contribution in [3.05, 3.63) is 75.1 Å². The first-order valence-electron chi connectivity index (χ1n) is 6.92. The van der Waals surface area contributed by atoms with Crippen molar-refractivity contribution in [3.8, 4) is 11.3 Å². The summed E-state index contributed by atoms with van der Waals surface area (Å²) in [5.74, 6) is 0.923. The predicted molar refractivity (Wildman–Crippen MR) is 98.8 cm³/mol. The molecule has 3 rings (SSSR count). The van der Waals surface area contributed by atoms with Crippen molar-refractivity contribution in [3.63, 3.8) is 0 Å². The molecule has 120 valence electrons. The molecule has 2 aromatic heterocycles. The summed E-state index contributed by atoms with van der Waals surface area (Å²) in [5, 5.41) is 3.91. The highest BCUT2D eigenvalue weighted by atomic mass is 79.9. The molecule has 0 spiro atoms. The number of hydrogen-bond acceptors (Lipinski definition) is 4. The predicted octanol–water partition coefficient (Wildman–Crippen LogP) is 4.63. The van der Waals surface area contributed by atoms with Gasteiger partial charge >= 0.3 is 0 Å². The zero-order valence-electron chi connectivity index (χ0n) is 12.2. The monoisotopic (exact) mass is 447 g/mol. The topological polar surface area (TPSA) is 67.5 Å². The quantitative estimate of drug-likeness (QED) is 0.467. The molecule has 2 heterocycles. The molecule has 0 saturated carbocycles. The number of nitrogens with zero attached hydrogens (tertiary/aromatic N) is 2. The van der Waals surface area contributed by atoms with Crippen molar-refractivity contribution in [2.45, 2.75) is 0 Å². The van der Waals surface area contributed by atoms with E-state index in [2.05, 4.69) is 47.4 Å². The number of furan rings is 1. The lowest BCUT2D eigenvalue weighted by molar-refractivity contribution is 0.0955. The van der Waals surface area contributed by atoms with Crippen molar-refractivity contribution in [2.24, 2.45) is 5.10 Å². The number of hydrazone groups is 1. The zero-order chi connectivity index (χ0) is 16.9. The van der Waals surface area contributed by atoms with Gasteiger partial charge < -0.3 is 4.42 Å². The van der Waals surface area contributed by atoms with Gasteiger partial charge in [-0.05, 0) is 42.5 Å². The van der Waals surface area contributed by atoms with Gasteiger partial charge in [-0.1, -0.05) is 31.9 Å². The normalized spacial score (nSPS) is 10.9. The molecule has 0 saturated heterocycles. The van der Waals surface area contributed by atoms with Crippen LogP contribution in [-0.2, 0) is 0 Å². The fourth-order valence-electron chi connectivity index (χ4n) is 1.98. The van der Waals surface area contributed by atoms with E-state index < -0.39 is 0 Å². The van der Waals surface area contributed by atoms with Crippen LogP contribution in [-0.4, -0.2) is 17.1 Å². The molecule has 1 N–H and O–H groups in total. The number of pyridine rings is 1. The molecular weight excluding hydrogens is 438 g/mol. The van der Waals surface area contributed by atoms with Crippen LogP contribution in [0.25, 0.3) is 11.3 Å². The summed E-state index contributed by atoms with van der Waals surface area (Å²) in [7, 11) is 0. The van der Waals surface area contributed by atoms with Gasteiger partial charge in [0.15, 0.2) is 0 Å². The van der Waals surface area contributed by atoms with E-state index in [9.17, 15) is 4.79 Å². The highest BCUT2D eigenvalue weighted by molar-refractivity contribution is 9.11. The molecule has 0 fully saturated rings. The Morgan fingerprint density at radius 2 is 1.92 bits per heavy atom. The highest BCUT2D eigenvalue weighted by Gasteiger charge is 2.08. The Hall–Kier alpha value is -2.25. The molecule has 5 nitrogen and oxygen atoms in total. The standard InChI is InChI=1S/C17H11Br2N3O2/c18-12-1-3-15(19)14(9-12)16-4-2-13(24-16)10-21-22-17(23)11-5-7-20-8-6-11/h1-10H,(H,22,23)/b21-10-. The van der Waals surface area contributed by atoms with E-state index >= 15 is 0 Å². The number of hydrogen-bond donors (Lipinski definition) is 1. The molecule has 0 aliphatic carbocycles. The minimum atomic E-state index is -0.310. The number of carbonyl (C=O) groups is 1. The van der Waals surface area contributed by atoms with Crippen LogP contribution < -0.4 is 5.43 Å². The summed E-state index contributed by atoms with van der Waals surface area (Å²) >= 11 is 6.94. The molecule has 0 radical (unpaired) electrons. The summed E-state index contributed by atoms with van der Waals surface area (Å²) in [6.07, 6.45) is 4.55. The molecule has 7 heteroatoms. The number of carbonyl (C=O) groups excluding carboxylic acids is 1. The van der Waals surface area contributed by atoms with E-state index in [0.717, 1.165) is 14.5 Å². The maximum atomic E-state index is 11.8. The number of halogens is 2. The van der Waals surface area contributed by atoms with Gasteiger partial charge in [-0.3, -0.25) is 9.78 Å². The number of benzene rings is 1. The molecule has 0 bridgehead atoms. The Bertz CT molecular complexity index is 892. The summed E-state index contributed by atoms with van der Waals surface area (Å²) in [5.41, 5.74) is 3.85. The summed E-state index contributed by atoms with van der Waals surface area (Å²) < 4.78 is 7.61. The molecule has 1 aromatic carbocycles. The maximum Gasteiger partial charge on any atom is 0.271 e. The van der Waals surface area contributed by atoms with Crippen molar-refractivity contribution in [1.29, 1.82) is 0 Å². The van der Waals surface area contributed by atoms with Crippen LogP contribution in [0.4, 0.5) is 0 Å². The second kappa shape index (κ2) is 7.55. The third kappa shape index (κ3) is 3.98. The fourth-order valence-corrected chi connectivity index (χ4v) is 2.78. The lowest BCUT2D eigenvalue weighted by Crippen LogP contribution is -2.17. The van der Waals surface area contributed by atoms with Gasteiger partial charge in [0, 0.05) is 32.5 Å². The Kier molecular flexibility index (Phi) is 5.22. The molecule has 0 aliphatic rings. The smallest absolute Gasteiger partial charge is 0.271 e. The summed E-state index contributed by atoms with van der Waals surface area (Å²) in [4.78, 5) is 15.7. The second-order valence-electron chi connectivity index (χ2n) is 4.76. The van der Waals surface area contributed by atoms with Crippen LogP contribution in [0.3, 0.4) is 0 Å². The fraction of sp³-hybridized carbons (Fsp3) is 0. The third-order valence-electron chi connectivity index (χ3n) is 3.12. The van der Waals surface area contributed by atoms with Crippen LogP contribution in [0, 0.1) is 0 Å². The lowest BCUT2D eigenvalue weighted by Gasteiger charge is -2.01. The Morgan fingerprint density at radius 3 is 2.71 bits per heavy atom. The van der Waals surface area contributed by atoms with E-state index in [-0.39, 0.29) is 5.91 Å². The van der Waals surface area contributed by atoms with Crippen LogP contribution in [0.2, 0.25) is 0 Å². The van der Waals surface area contributed by atoms with E-state index in [0.29, 0.717) is 17.1 Å². The minimum absolute atomic E-state index is 0.310. The van der Waals surface area contributed by atoms with Gasteiger partial charge in [-0.25, -0.2) is 5.43 Å². The average molecular weight is 449 g/mol. The van der Waals surface area contributed by atoms with Crippen molar-refractivity contribution in [2.75, 3.05) is 0 Å². The van der Waals surface area contributed by atoms with Crippen molar-refractivity contribution < 1.29 is 9.21 Å². The van der Waals surface area contributed by atoms with Crippen molar-refractivity contribution >= 4 is 44.0 Å². The van der Waals surface area contributed by atoms with Crippen LogP contribution in [0.1, 0.15) is 16.1 Å². The van der Waals surface area contributed by atoms with Gasteiger partial charge in [0.05, 0.1) is 6.21 Å². The molecule has 0 aliphatic heterocycles. The SMILES string of the molecule is O=C(N/N=C\c1ccc(-c2cc(Br)ccc2Br)o1)c1ccncc1. The first-order chi connectivity index (χ1) is 11.6. The number of rotatable bonds is 4. The molecule has 3 aromatic rings. The second-order valence-corrected chi connectivity index (χ2v) is 6.53. The molecule has 0 unspecified atom stereocenters. The molecular formula is C17H11Br2N3O2. The van der Waals surface area contributed by atoms with Gasteiger partial charge in [0.1, 0.15) is 11.5 Å². The van der Waals surface area contributed by atoms with E-state index in [1.165, 1.54) is 6.21 Å². The largest absolute Gasteiger partial charge is 0.455 e. The Labute approximate surface area is 155 Å². The number of aromatic nitrogens is 1. The molecule has 24 heavy (non-hydrogen) atoms.